The maximum atomic E-state index is 14.1. The van der Waals surface area contributed by atoms with Crippen molar-refractivity contribution in [1.29, 1.82) is 0 Å². The van der Waals surface area contributed by atoms with Crippen LogP contribution in [-0.2, 0) is 25.7 Å². The molecule has 1 amide bonds. The zero-order valence-electron chi connectivity index (χ0n) is 23.9. The summed E-state index contributed by atoms with van der Waals surface area (Å²) in [5.41, 5.74) is 4.78. The fourth-order valence-electron chi connectivity index (χ4n) is 7.93. The van der Waals surface area contributed by atoms with Gasteiger partial charge in [-0.3, -0.25) is 28.9 Å². The highest BCUT2D eigenvalue weighted by Gasteiger charge is 2.70. The number of nitrogens with two attached hydrogens (primary N) is 1. The van der Waals surface area contributed by atoms with Crippen LogP contribution >= 0.6 is 0 Å². The molecule has 43 heavy (non-hydrogen) atoms. The Morgan fingerprint density at radius 2 is 1.77 bits per heavy atom. The maximum absolute atomic E-state index is 14.1. The van der Waals surface area contributed by atoms with Crippen molar-refractivity contribution in [2.75, 3.05) is 20.2 Å². The molecule has 2 unspecified atom stereocenters. The summed E-state index contributed by atoms with van der Waals surface area (Å²) in [7, 11) is 1.53. The molecule has 0 aromatic heterocycles. The van der Waals surface area contributed by atoms with Crippen molar-refractivity contribution in [2.45, 2.75) is 50.4 Å². The number of aliphatic hydroxyl groups excluding tert-OH is 1. The van der Waals surface area contributed by atoms with Crippen molar-refractivity contribution >= 4 is 29.0 Å². The van der Waals surface area contributed by atoms with Gasteiger partial charge in [-0.25, -0.2) is 0 Å². The van der Waals surface area contributed by atoms with E-state index >= 15 is 0 Å². The number of benzene rings is 2. The van der Waals surface area contributed by atoms with Gasteiger partial charge in [0.25, 0.3) is 0 Å². The number of phenols is 1. The number of ether oxygens (including phenoxy) is 1. The normalized spacial score (nSPS) is 32.3. The van der Waals surface area contributed by atoms with E-state index in [9.17, 15) is 39.3 Å². The summed E-state index contributed by atoms with van der Waals surface area (Å²) in [5.74, 6) is -12.7. The summed E-state index contributed by atoms with van der Waals surface area (Å²) in [6.07, 6.45) is -0.0124. The molecule has 226 valence electrons. The lowest BCUT2D eigenvalue weighted by molar-refractivity contribution is -0.189. The lowest BCUT2D eigenvalue weighted by Gasteiger charge is -2.53. The summed E-state index contributed by atoms with van der Waals surface area (Å²) < 4.78 is 5.68. The molecule has 11 nitrogen and oxygen atoms in total. The Balaban J connectivity index is 1.49. The van der Waals surface area contributed by atoms with Crippen LogP contribution in [0.2, 0.25) is 0 Å². The Hall–Kier alpha value is -3.93. The van der Waals surface area contributed by atoms with E-state index in [-0.39, 0.29) is 5.56 Å². The topological polar surface area (TPSA) is 185 Å². The van der Waals surface area contributed by atoms with E-state index < -0.39 is 82.5 Å². The standard InChI is InChI=1S/C32H34N2O9/c1-14-22-16(17-11-15(5-8-21(17)43-2)13-34-9-3-4-10-34)6-7-19(35)24(22)28(38)26-23(14)27(37)18-12-20(36)25(31(33)41)29(39)32(18,42)30(26)40/h5-8,11,14,18,23,25-27,35,37,42H,3-4,9-10,12-13H2,1-2H3,(H2,33,41)/t14-,18+,23+,25?,26?,27+,32+/m0/s1. The molecule has 1 aliphatic heterocycles. The van der Waals surface area contributed by atoms with Gasteiger partial charge in [0.1, 0.15) is 11.5 Å². The third-order valence-electron chi connectivity index (χ3n) is 10.00. The number of carbonyl (C=O) groups excluding carboxylic acids is 5. The van der Waals surface area contributed by atoms with Crippen molar-refractivity contribution < 1.29 is 44.0 Å². The van der Waals surface area contributed by atoms with Gasteiger partial charge in [-0.1, -0.05) is 19.1 Å². The number of rotatable bonds is 5. The number of methoxy groups -OCH3 is 1. The number of amides is 1. The van der Waals surface area contributed by atoms with Gasteiger partial charge in [-0.05, 0) is 66.7 Å². The smallest absolute Gasteiger partial charge is 0.235 e. The molecule has 3 fully saturated rings. The lowest BCUT2D eigenvalue weighted by atomic mass is 9.50. The van der Waals surface area contributed by atoms with Gasteiger partial charge in [0.2, 0.25) is 5.91 Å². The van der Waals surface area contributed by atoms with Crippen LogP contribution in [0.4, 0.5) is 0 Å². The van der Waals surface area contributed by atoms with Crippen LogP contribution in [0.5, 0.6) is 11.5 Å². The number of hydrogen-bond donors (Lipinski definition) is 4. The molecule has 6 rings (SSSR count). The van der Waals surface area contributed by atoms with Gasteiger partial charge in [0.15, 0.2) is 34.7 Å². The van der Waals surface area contributed by atoms with Crippen LogP contribution in [-0.4, -0.2) is 81.2 Å². The molecule has 2 saturated carbocycles. The third kappa shape index (κ3) is 4.16. The van der Waals surface area contributed by atoms with Crippen LogP contribution in [0.3, 0.4) is 0 Å². The van der Waals surface area contributed by atoms with Crippen LogP contribution in [0.25, 0.3) is 11.1 Å². The highest BCUT2D eigenvalue weighted by Crippen LogP contribution is 2.56. The zero-order valence-corrected chi connectivity index (χ0v) is 23.9. The predicted molar refractivity (Wildman–Crippen MR) is 151 cm³/mol. The molecule has 7 atom stereocenters. The minimum Gasteiger partial charge on any atom is -0.507 e. The number of phenolic OH excluding ortho intramolecular Hbond substituents is 1. The predicted octanol–water partition coefficient (Wildman–Crippen LogP) is 1.13. The zero-order chi connectivity index (χ0) is 31.0. The average Bonchev–Trinajstić information content (AvgIpc) is 3.48. The van der Waals surface area contributed by atoms with Crippen LogP contribution in [0.15, 0.2) is 30.3 Å². The summed E-state index contributed by atoms with van der Waals surface area (Å²) in [5, 5.41) is 34.1. The monoisotopic (exact) mass is 590 g/mol. The first-order valence-corrected chi connectivity index (χ1v) is 14.5. The van der Waals surface area contributed by atoms with E-state index in [4.69, 9.17) is 10.5 Å². The van der Waals surface area contributed by atoms with Crippen molar-refractivity contribution in [3.05, 3.63) is 47.0 Å². The van der Waals surface area contributed by atoms with Crippen molar-refractivity contribution in [2.24, 2.45) is 29.4 Å². The molecular weight excluding hydrogens is 556 g/mol. The number of primary amides is 1. The second kappa shape index (κ2) is 10.4. The molecule has 0 spiro atoms. The fourth-order valence-corrected chi connectivity index (χ4v) is 7.93. The molecule has 3 aliphatic carbocycles. The van der Waals surface area contributed by atoms with Crippen molar-refractivity contribution in [1.82, 2.24) is 4.90 Å². The summed E-state index contributed by atoms with van der Waals surface area (Å²) >= 11 is 0. The highest BCUT2D eigenvalue weighted by molar-refractivity contribution is 6.31. The minimum absolute atomic E-state index is 0.147. The van der Waals surface area contributed by atoms with E-state index in [1.807, 2.05) is 18.2 Å². The maximum Gasteiger partial charge on any atom is 0.235 e. The van der Waals surface area contributed by atoms with Gasteiger partial charge in [-0.15, -0.1) is 0 Å². The first-order chi connectivity index (χ1) is 20.4. The van der Waals surface area contributed by atoms with Crippen molar-refractivity contribution in [3.8, 4) is 22.6 Å². The summed E-state index contributed by atoms with van der Waals surface area (Å²) in [6, 6.07) is 8.79. The van der Waals surface area contributed by atoms with Crippen LogP contribution < -0.4 is 10.5 Å². The Morgan fingerprint density at radius 1 is 1.07 bits per heavy atom. The Kier molecular flexibility index (Phi) is 7.02. The number of likely N-dealkylation sites (tertiary alicyclic amines) is 1. The minimum atomic E-state index is -2.96. The van der Waals surface area contributed by atoms with Gasteiger partial charge >= 0.3 is 0 Å². The molecular formula is C32H34N2O9. The van der Waals surface area contributed by atoms with E-state index in [1.165, 1.54) is 13.2 Å². The molecule has 1 saturated heterocycles. The first kappa shape index (κ1) is 29.2. The molecule has 1 heterocycles. The fraction of sp³-hybridized carbons (Fsp3) is 0.469. The quantitative estimate of drug-likeness (QED) is 0.368. The number of aliphatic hydroxyl groups is 2. The van der Waals surface area contributed by atoms with Crippen LogP contribution in [0.1, 0.15) is 53.6 Å². The van der Waals surface area contributed by atoms with Crippen molar-refractivity contribution in [3.63, 3.8) is 0 Å². The Morgan fingerprint density at radius 3 is 2.42 bits per heavy atom. The number of nitrogens with zero attached hydrogens (tertiary/aromatic N) is 1. The van der Waals surface area contributed by atoms with Gasteiger partial charge in [-0.2, -0.15) is 0 Å². The third-order valence-corrected chi connectivity index (χ3v) is 10.00. The Bertz CT molecular complexity index is 1580. The number of fused-ring (bicyclic) bond motifs is 3. The number of ketones is 4. The molecule has 5 N–H and O–H groups in total. The highest BCUT2D eigenvalue weighted by atomic mass is 16.5. The largest absolute Gasteiger partial charge is 0.507 e. The Labute approximate surface area is 247 Å². The molecule has 11 heteroatoms. The SMILES string of the molecule is COc1ccc(CN2CCCC2)cc1-c1ccc(O)c2c1[C@H](C)[C@@H]1C(C2=O)C(=O)[C@]2(O)C(=O)C(C(N)=O)C(=O)C[C@@H]2[C@H]1O. The van der Waals surface area contributed by atoms with E-state index in [0.717, 1.165) is 38.0 Å². The molecule has 2 aromatic rings. The van der Waals surface area contributed by atoms with E-state index in [1.54, 1.807) is 13.0 Å². The van der Waals surface area contributed by atoms with Gasteiger partial charge in [0.05, 0.1) is 24.7 Å². The van der Waals surface area contributed by atoms with E-state index in [2.05, 4.69) is 4.90 Å². The van der Waals surface area contributed by atoms with E-state index in [0.29, 0.717) is 22.4 Å². The number of Topliss-reactive ketones (excluding diaryl/α,β-unsaturated/α-hetero) is 4. The molecule has 2 aromatic carbocycles. The first-order valence-electron chi connectivity index (χ1n) is 14.5. The average molecular weight is 591 g/mol. The number of hydrogen-bond acceptors (Lipinski definition) is 10. The second-order valence-corrected chi connectivity index (χ2v) is 12.2. The second-order valence-electron chi connectivity index (χ2n) is 12.2. The summed E-state index contributed by atoms with van der Waals surface area (Å²) in [4.78, 5) is 68.3. The summed E-state index contributed by atoms with van der Waals surface area (Å²) in [6.45, 7) is 4.41. The van der Waals surface area contributed by atoms with Gasteiger partial charge < -0.3 is 25.8 Å². The lowest BCUT2D eigenvalue weighted by Crippen LogP contribution is -2.72. The number of aromatic hydroxyl groups is 1. The molecule has 0 bridgehead atoms. The molecule has 0 radical (unpaired) electrons. The number of carbonyl (C=O) groups is 5. The van der Waals surface area contributed by atoms with Gasteiger partial charge in [0, 0.05) is 30.4 Å². The molecule has 4 aliphatic rings. The van der Waals surface area contributed by atoms with Crippen LogP contribution in [0, 0.1) is 23.7 Å².